The van der Waals surface area contributed by atoms with Gasteiger partial charge in [-0.15, -0.1) is 0 Å². The molecule has 1 rings (SSSR count). The topological polar surface area (TPSA) is 89.8 Å². The van der Waals surface area contributed by atoms with Gasteiger partial charge >= 0.3 is 0 Å². The van der Waals surface area contributed by atoms with E-state index in [9.17, 15) is 9.90 Å². The lowest BCUT2D eigenvalue weighted by atomic mass is 9.99. The summed E-state index contributed by atoms with van der Waals surface area (Å²) in [6, 6.07) is 0. The number of aliphatic hydroxyl groups excluding tert-OH is 3. The summed E-state index contributed by atoms with van der Waals surface area (Å²) in [6.07, 6.45) is -0.0122. The summed E-state index contributed by atoms with van der Waals surface area (Å²) in [5.41, 5.74) is 0.381. The second-order valence-electron chi connectivity index (χ2n) is 2.65. The molecule has 0 fully saturated rings. The normalized spacial score (nSPS) is 23.2. The van der Waals surface area contributed by atoms with Crippen molar-refractivity contribution in [1.29, 1.82) is 0 Å². The molecule has 1 atom stereocenters. The van der Waals surface area contributed by atoms with Crippen LogP contribution in [0.1, 0.15) is 0 Å². The van der Waals surface area contributed by atoms with Gasteiger partial charge in [0.2, 0.25) is 5.78 Å². The Hall–Kier alpha value is -1.33. The molecule has 0 spiro atoms. The van der Waals surface area contributed by atoms with Crippen LogP contribution in [0.2, 0.25) is 0 Å². The van der Waals surface area contributed by atoms with Crippen molar-refractivity contribution in [1.82, 2.24) is 5.32 Å². The SMILES string of the molecule is CNC1=CC(CO)=C(O)C(=O)C1O. The maximum atomic E-state index is 11.1. The van der Waals surface area contributed by atoms with E-state index in [1.807, 2.05) is 0 Å². The van der Waals surface area contributed by atoms with Gasteiger partial charge in [-0.25, -0.2) is 0 Å². The van der Waals surface area contributed by atoms with Crippen molar-refractivity contribution >= 4 is 5.78 Å². The molecule has 0 bridgehead atoms. The predicted molar refractivity (Wildman–Crippen MR) is 44.9 cm³/mol. The molecule has 4 N–H and O–H groups in total. The summed E-state index contributed by atoms with van der Waals surface area (Å²) >= 11 is 0. The van der Waals surface area contributed by atoms with E-state index in [-0.39, 0.29) is 11.3 Å². The van der Waals surface area contributed by atoms with Crippen LogP contribution in [0.15, 0.2) is 23.1 Å². The fraction of sp³-hybridized carbons (Fsp3) is 0.375. The van der Waals surface area contributed by atoms with Crippen LogP contribution < -0.4 is 5.32 Å². The van der Waals surface area contributed by atoms with Crippen molar-refractivity contribution < 1.29 is 20.1 Å². The van der Waals surface area contributed by atoms with Crippen LogP contribution in [-0.4, -0.2) is 40.9 Å². The largest absolute Gasteiger partial charge is 0.504 e. The van der Waals surface area contributed by atoms with Gasteiger partial charge in [-0.05, 0) is 6.08 Å². The molecule has 0 saturated heterocycles. The van der Waals surface area contributed by atoms with Crippen LogP contribution in [0, 0.1) is 0 Å². The van der Waals surface area contributed by atoms with Gasteiger partial charge in [-0.3, -0.25) is 4.79 Å². The van der Waals surface area contributed by atoms with Crippen molar-refractivity contribution in [2.75, 3.05) is 13.7 Å². The predicted octanol–water partition coefficient (Wildman–Crippen LogP) is -1.16. The van der Waals surface area contributed by atoms with Crippen LogP contribution in [0.25, 0.3) is 0 Å². The van der Waals surface area contributed by atoms with E-state index >= 15 is 0 Å². The Balaban J connectivity index is 3.09. The monoisotopic (exact) mass is 185 g/mol. The van der Waals surface area contributed by atoms with Crippen LogP contribution in [0.5, 0.6) is 0 Å². The van der Waals surface area contributed by atoms with Crippen LogP contribution in [0.3, 0.4) is 0 Å². The molecule has 0 saturated carbocycles. The minimum atomic E-state index is -1.36. The van der Waals surface area contributed by atoms with Crippen molar-refractivity contribution in [3.8, 4) is 0 Å². The quantitative estimate of drug-likeness (QED) is 0.435. The minimum Gasteiger partial charge on any atom is -0.504 e. The van der Waals surface area contributed by atoms with Gasteiger partial charge in [-0.2, -0.15) is 0 Å². The van der Waals surface area contributed by atoms with Gasteiger partial charge in [0, 0.05) is 18.3 Å². The Kier molecular flexibility index (Phi) is 2.69. The summed E-state index contributed by atoms with van der Waals surface area (Å²) in [4.78, 5) is 11.1. The van der Waals surface area contributed by atoms with Crippen molar-refractivity contribution in [3.05, 3.63) is 23.1 Å². The number of Topliss-reactive ketones (excluding diaryl/α,β-unsaturated/α-hetero) is 1. The summed E-state index contributed by atoms with van der Waals surface area (Å²) in [6.45, 7) is -0.435. The first kappa shape index (κ1) is 9.76. The smallest absolute Gasteiger partial charge is 0.231 e. The highest BCUT2D eigenvalue weighted by Gasteiger charge is 2.29. The summed E-state index contributed by atoms with van der Waals surface area (Å²) < 4.78 is 0. The van der Waals surface area contributed by atoms with Gasteiger partial charge < -0.3 is 20.6 Å². The maximum absolute atomic E-state index is 11.1. The molecule has 0 aromatic rings. The second kappa shape index (κ2) is 3.59. The third kappa shape index (κ3) is 1.56. The first-order valence-electron chi connectivity index (χ1n) is 3.76. The summed E-state index contributed by atoms with van der Waals surface area (Å²) in [5, 5.41) is 29.8. The van der Waals surface area contributed by atoms with Crippen LogP contribution in [0.4, 0.5) is 0 Å². The number of carbonyl (C=O) groups excluding carboxylic acids is 1. The molecule has 5 heteroatoms. The zero-order valence-electron chi connectivity index (χ0n) is 7.11. The standard InChI is InChI=1S/C8H11NO4/c1-9-5-2-4(3-10)6(11)8(13)7(5)12/h2,7,9-12H,3H2,1H3. The van der Waals surface area contributed by atoms with Crippen molar-refractivity contribution in [2.45, 2.75) is 6.10 Å². The van der Waals surface area contributed by atoms with Gasteiger partial charge in [-0.1, -0.05) is 0 Å². The third-order valence-corrected chi connectivity index (χ3v) is 1.87. The number of carbonyl (C=O) groups is 1. The number of ketones is 1. The van der Waals surface area contributed by atoms with E-state index in [4.69, 9.17) is 10.2 Å². The second-order valence-corrected chi connectivity index (χ2v) is 2.65. The van der Waals surface area contributed by atoms with Gasteiger partial charge in [0.15, 0.2) is 11.9 Å². The number of hydrogen-bond acceptors (Lipinski definition) is 5. The minimum absolute atomic E-state index is 0.111. The zero-order chi connectivity index (χ0) is 10.0. The van der Waals surface area contributed by atoms with E-state index in [0.717, 1.165) is 0 Å². The molecule has 0 aromatic carbocycles. The lowest BCUT2D eigenvalue weighted by Crippen LogP contribution is -2.34. The molecule has 0 amide bonds. The first-order valence-corrected chi connectivity index (χ1v) is 3.76. The molecule has 1 aliphatic rings. The zero-order valence-corrected chi connectivity index (χ0v) is 7.11. The lowest BCUT2D eigenvalue weighted by molar-refractivity contribution is -0.124. The highest BCUT2D eigenvalue weighted by Crippen LogP contribution is 2.17. The molecule has 72 valence electrons. The molecule has 1 aliphatic carbocycles. The van der Waals surface area contributed by atoms with Crippen molar-refractivity contribution in [2.24, 2.45) is 0 Å². The number of nitrogens with one attached hydrogen (secondary N) is 1. The van der Waals surface area contributed by atoms with Crippen LogP contribution in [-0.2, 0) is 4.79 Å². The van der Waals surface area contributed by atoms with Gasteiger partial charge in [0.05, 0.1) is 6.61 Å². The average Bonchev–Trinajstić information content (AvgIpc) is 2.15. The first-order chi connectivity index (χ1) is 6.11. The third-order valence-electron chi connectivity index (χ3n) is 1.87. The number of hydrogen-bond donors (Lipinski definition) is 4. The fourth-order valence-electron chi connectivity index (χ4n) is 1.09. The van der Waals surface area contributed by atoms with Gasteiger partial charge in [0.1, 0.15) is 0 Å². The Bertz CT molecular complexity index is 293. The molecule has 1 unspecified atom stereocenters. The molecule has 0 aromatic heterocycles. The number of likely N-dealkylation sites (N-methyl/N-ethyl adjacent to an activating group) is 1. The van der Waals surface area contributed by atoms with E-state index in [1.165, 1.54) is 6.08 Å². The molecule has 0 radical (unpaired) electrons. The van der Waals surface area contributed by atoms with Crippen molar-refractivity contribution in [3.63, 3.8) is 0 Å². The van der Waals surface area contributed by atoms with E-state index in [1.54, 1.807) is 7.05 Å². The molecule has 5 nitrogen and oxygen atoms in total. The Morgan fingerprint density at radius 1 is 1.62 bits per heavy atom. The molecule has 0 aliphatic heterocycles. The molecular weight excluding hydrogens is 174 g/mol. The summed E-state index contributed by atoms with van der Waals surface area (Å²) in [7, 11) is 1.54. The highest BCUT2D eigenvalue weighted by atomic mass is 16.3. The summed E-state index contributed by atoms with van der Waals surface area (Å²) in [5.74, 6) is -1.37. The van der Waals surface area contributed by atoms with E-state index < -0.39 is 24.3 Å². The Morgan fingerprint density at radius 3 is 2.69 bits per heavy atom. The fourth-order valence-corrected chi connectivity index (χ4v) is 1.09. The van der Waals surface area contributed by atoms with Gasteiger partial charge in [0.25, 0.3) is 0 Å². The Morgan fingerprint density at radius 2 is 2.23 bits per heavy atom. The Labute approximate surface area is 75.0 Å². The lowest BCUT2D eigenvalue weighted by Gasteiger charge is -2.19. The average molecular weight is 185 g/mol. The number of rotatable bonds is 2. The number of aliphatic hydroxyl groups is 3. The molecule has 0 heterocycles. The molecular formula is C8H11NO4. The maximum Gasteiger partial charge on any atom is 0.231 e. The van der Waals surface area contributed by atoms with E-state index in [2.05, 4.69) is 5.32 Å². The molecule has 13 heavy (non-hydrogen) atoms. The highest BCUT2D eigenvalue weighted by molar-refractivity contribution is 6.00. The van der Waals surface area contributed by atoms with Crippen LogP contribution >= 0.6 is 0 Å². The van der Waals surface area contributed by atoms with E-state index in [0.29, 0.717) is 0 Å².